The van der Waals surface area contributed by atoms with E-state index in [1.54, 1.807) is 0 Å². The third-order valence-corrected chi connectivity index (χ3v) is 4.23. The van der Waals surface area contributed by atoms with Crippen LogP contribution in [-0.2, 0) is 12.4 Å². The lowest BCUT2D eigenvalue weighted by molar-refractivity contribution is 0.463. The maximum Gasteiger partial charge on any atom is 0.0815 e. The van der Waals surface area contributed by atoms with E-state index >= 15 is 0 Å². The Morgan fingerprint density at radius 3 is 2.90 bits per heavy atom. The van der Waals surface area contributed by atoms with Crippen LogP contribution in [0.15, 0.2) is 36.5 Å². The number of hydrogen-bond acceptors (Lipinski definition) is 2. The van der Waals surface area contributed by atoms with Crippen molar-refractivity contribution in [2.24, 2.45) is 0 Å². The molecule has 0 spiro atoms. The summed E-state index contributed by atoms with van der Waals surface area (Å²) in [7, 11) is 0. The van der Waals surface area contributed by atoms with Crippen molar-refractivity contribution >= 4 is 17.3 Å². The fourth-order valence-corrected chi connectivity index (χ4v) is 2.97. The molecule has 106 valence electrons. The summed E-state index contributed by atoms with van der Waals surface area (Å²) in [5.74, 6) is 0.547. The van der Waals surface area contributed by atoms with Gasteiger partial charge in [-0.3, -0.25) is 4.68 Å². The molecule has 0 saturated heterocycles. The van der Waals surface area contributed by atoms with Crippen molar-refractivity contribution < 1.29 is 0 Å². The van der Waals surface area contributed by atoms with E-state index in [2.05, 4.69) is 39.5 Å². The van der Waals surface area contributed by atoms with Gasteiger partial charge in [-0.15, -0.1) is 11.6 Å². The predicted molar refractivity (Wildman–Crippen MR) is 83.1 cm³/mol. The van der Waals surface area contributed by atoms with Gasteiger partial charge in [0.1, 0.15) is 0 Å². The molecule has 1 aliphatic carbocycles. The molecule has 3 nitrogen and oxygen atoms in total. The van der Waals surface area contributed by atoms with E-state index < -0.39 is 0 Å². The molecule has 1 aromatic carbocycles. The first-order chi connectivity index (χ1) is 9.85. The van der Waals surface area contributed by atoms with Crippen LogP contribution < -0.4 is 5.32 Å². The molecule has 1 heterocycles. The quantitative estimate of drug-likeness (QED) is 0.829. The fourth-order valence-electron chi connectivity index (χ4n) is 2.80. The van der Waals surface area contributed by atoms with Gasteiger partial charge in [0.05, 0.1) is 18.3 Å². The zero-order valence-corrected chi connectivity index (χ0v) is 12.3. The van der Waals surface area contributed by atoms with Crippen LogP contribution in [0.2, 0.25) is 0 Å². The van der Waals surface area contributed by atoms with E-state index in [4.69, 9.17) is 11.6 Å². The molecular formula is C16H20ClN3. The maximum atomic E-state index is 5.85. The topological polar surface area (TPSA) is 29.9 Å². The third-order valence-electron chi connectivity index (χ3n) is 3.92. The summed E-state index contributed by atoms with van der Waals surface area (Å²) in [5.41, 5.74) is 3.32. The van der Waals surface area contributed by atoms with Crippen molar-refractivity contribution in [2.75, 3.05) is 5.32 Å². The summed E-state index contributed by atoms with van der Waals surface area (Å²) in [6, 6.07) is 10.9. The van der Waals surface area contributed by atoms with Crippen molar-refractivity contribution in [1.82, 2.24) is 9.78 Å². The highest BCUT2D eigenvalue weighted by atomic mass is 35.5. The molecule has 0 unspecified atom stereocenters. The minimum atomic E-state index is 0.547. The molecule has 1 N–H and O–H groups in total. The zero-order valence-electron chi connectivity index (χ0n) is 11.6. The Morgan fingerprint density at radius 1 is 1.25 bits per heavy atom. The normalized spacial score (nSPS) is 15.7. The Bertz CT molecular complexity index is 558. The van der Waals surface area contributed by atoms with E-state index in [0.29, 0.717) is 11.9 Å². The maximum absolute atomic E-state index is 5.85. The summed E-state index contributed by atoms with van der Waals surface area (Å²) < 4.78 is 2.14. The lowest BCUT2D eigenvalue weighted by Gasteiger charge is -2.09. The van der Waals surface area contributed by atoms with Gasteiger partial charge in [0.2, 0.25) is 0 Å². The standard InChI is InChI=1S/C16H20ClN3/c17-11-13-4-3-5-14(10-13)18-12-15-8-9-20(19-15)16-6-1-2-7-16/h3-5,8-10,16,18H,1-2,6-7,11-12H2. The highest BCUT2D eigenvalue weighted by molar-refractivity contribution is 6.17. The average molecular weight is 290 g/mol. The van der Waals surface area contributed by atoms with E-state index in [1.165, 1.54) is 25.7 Å². The van der Waals surface area contributed by atoms with E-state index in [9.17, 15) is 0 Å². The first-order valence-corrected chi connectivity index (χ1v) is 7.81. The lowest BCUT2D eigenvalue weighted by Crippen LogP contribution is -2.07. The molecule has 1 fully saturated rings. The summed E-state index contributed by atoms with van der Waals surface area (Å²) in [6.45, 7) is 0.755. The molecular weight excluding hydrogens is 270 g/mol. The van der Waals surface area contributed by atoms with Gasteiger partial charge in [0.15, 0.2) is 0 Å². The van der Waals surface area contributed by atoms with Gasteiger partial charge >= 0.3 is 0 Å². The number of anilines is 1. The van der Waals surface area contributed by atoms with Crippen molar-refractivity contribution in [3.05, 3.63) is 47.8 Å². The molecule has 4 heteroatoms. The zero-order chi connectivity index (χ0) is 13.8. The van der Waals surface area contributed by atoms with Crippen LogP contribution in [-0.4, -0.2) is 9.78 Å². The largest absolute Gasteiger partial charge is 0.379 e. The van der Waals surface area contributed by atoms with Crippen LogP contribution in [0.3, 0.4) is 0 Å². The second kappa shape index (κ2) is 6.31. The summed E-state index contributed by atoms with van der Waals surface area (Å²) in [4.78, 5) is 0. The minimum absolute atomic E-state index is 0.547. The number of nitrogens with zero attached hydrogens (tertiary/aromatic N) is 2. The van der Waals surface area contributed by atoms with Gasteiger partial charge in [-0.05, 0) is 36.6 Å². The first kappa shape index (κ1) is 13.5. The second-order valence-electron chi connectivity index (χ2n) is 5.41. The molecule has 0 radical (unpaired) electrons. The van der Waals surface area contributed by atoms with Crippen molar-refractivity contribution in [3.8, 4) is 0 Å². The van der Waals surface area contributed by atoms with Crippen molar-refractivity contribution in [1.29, 1.82) is 0 Å². The van der Waals surface area contributed by atoms with Crippen LogP contribution in [0.25, 0.3) is 0 Å². The molecule has 0 amide bonds. The number of halogens is 1. The number of aromatic nitrogens is 2. The monoisotopic (exact) mass is 289 g/mol. The Labute approximate surface area is 124 Å². The molecule has 20 heavy (non-hydrogen) atoms. The van der Waals surface area contributed by atoms with Gasteiger partial charge < -0.3 is 5.32 Å². The number of hydrogen-bond donors (Lipinski definition) is 1. The van der Waals surface area contributed by atoms with E-state index in [1.807, 2.05) is 12.1 Å². The number of rotatable bonds is 5. The third kappa shape index (κ3) is 3.15. The number of nitrogens with one attached hydrogen (secondary N) is 1. The highest BCUT2D eigenvalue weighted by Gasteiger charge is 2.17. The van der Waals surface area contributed by atoms with Crippen LogP contribution >= 0.6 is 11.6 Å². The van der Waals surface area contributed by atoms with Gasteiger partial charge in [0.25, 0.3) is 0 Å². The predicted octanol–water partition coefficient (Wildman–Crippen LogP) is 4.35. The van der Waals surface area contributed by atoms with Crippen LogP contribution in [0.5, 0.6) is 0 Å². The van der Waals surface area contributed by atoms with Gasteiger partial charge in [-0.2, -0.15) is 5.10 Å². The minimum Gasteiger partial charge on any atom is -0.379 e. The summed E-state index contributed by atoms with van der Waals surface area (Å²) >= 11 is 5.85. The Kier molecular flexibility index (Phi) is 4.26. The van der Waals surface area contributed by atoms with Crippen LogP contribution in [0, 0.1) is 0 Å². The summed E-state index contributed by atoms with van der Waals surface area (Å²) in [6.07, 6.45) is 7.33. The molecule has 1 aliphatic rings. The fraction of sp³-hybridized carbons (Fsp3) is 0.438. The van der Waals surface area contributed by atoms with Crippen LogP contribution in [0.1, 0.15) is 43.0 Å². The van der Waals surface area contributed by atoms with Gasteiger partial charge in [-0.1, -0.05) is 25.0 Å². The molecule has 3 rings (SSSR count). The molecule has 0 atom stereocenters. The Hall–Kier alpha value is -1.48. The molecule has 1 aromatic heterocycles. The molecule has 0 aliphatic heterocycles. The van der Waals surface area contributed by atoms with Crippen molar-refractivity contribution in [3.63, 3.8) is 0 Å². The lowest BCUT2D eigenvalue weighted by atomic mass is 10.2. The first-order valence-electron chi connectivity index (χ1n) is 7.28. The van der Waals surface area contributed by atoms with E-state index in [0.717, 1.165) is 23.5 Å². The Morgan fingerprint density at radius 2 is 2.10 bits per heavy atom. The SMILES string of the molecule is ClCc1cccc(NCc2ccn(C3CCCC3)n2)c1. The molecule has 0 bridgehead atoms. The van der Waals surface area contributed by atoms with Gasteiger partial charge in [0, 0.05) is 17.8 Å². The summed E-state index contributed by atoms with van der Waals surface area (Å²) in [5, 5.41) is 8.08. The van der Waals surface area contributed by atoms with Crippen molar-refractivity contribution in [2.45, 2.75) is 44.1 Å². The second-order valence-corrected chi connectivity index (χ2v) is 5.68. The van der Waals surface area contributed by atoms with E-state index in [-0.39, 0.29) is 0 Å². The van der Waals surface area contributed by atoms with Crippen LogP contribution in [0.4, 0.5) is 5.69 Å². The number of benzene rings is 1. The Balaban J connectivity index is 1.60. The van der Waals surface area contributed by atoms with Gasteiger partial charge in [-0.25, -0.2) is 0 Å². The molecule has 2 aromatic rings. The molecule has 1 saturated carbocycles. The number of alkyl halides is 1. The average Bonchev–Trinajstić information content (AvgIpc) is 3.16. The highest BCUT2D eigenvalue weighted by Crippen LogP contribution is 2.28. The smallest absolute Gasteiger partial charge is 0.0815 e.